The van der Waals surface area contributed by atoms with Gasteiger partial charge in [0.25, 0.3) is 0 Å². The van der Waals surface area contributed by atoms with E-state index in [4.69, 9.17) is 14.2 Å². The average molecular weight is 350 g/mol. The van der Waals surface area contributed by atoms with Gasteiger partial charge in [-0.05, 0) is 25.0 Å². The van der Waals surface area contributed by atoms with E-state index in [1.807, 2.05) is 0 Å². The van der Waals surface area contributed by atoms with Gasteiger partial charge >= 0.3 is 0 Å². The second-order valence-corrected chi connectivity index (χ2v) is 5.90. The molecule has 7 nitrogen and oxygen atoms in total. The maximum Gasteiger partial charge on any atom is 0.223 e. The average Bonchev–Trinajstić information content (AvgIpc) is 3.13. The van der Waals surface area contributed by atoms with Crippen molar-refractivity contribution in [3.63, 3.8) is 0 Å². The standard InChI is InChI=1S/C18H26N2O5/c1-13(21)20(14-6-7-16(23-2)17(11-14)24-3)9-8-18(22)19-12-15-5-4-10-25-15/h6-7,11,15H,4-5,8-10,12H2,1-3H3,(H,19,22). The number of amides is 2. The first kappa shape index (κ1) is 19.1. The largest absolute Gasteiger partial charge is 0.493 e. The van der Waals surface area contributed by atoms with Crippen LogP contribution in [-0.2, 0) is 14.3 Å². The molecule has 0 aromatic heterocycles. The van der Waals surface area contributed by atoms with E-state index in [0.717, 1.165) is 19.4 Å². The van der Waals surface area contributed by atoms with Gasteiger partial charge in [-0.25, -0.2) is 0 Å². The number of carbonyl (C=O) groups is 2. The number of benzene rings is 1. The van der Waals surface area contributed by atoms with Crippen LogP contribution in [0.3, 0.4) is 0 Å². The molecule has 1 aromatic rings. The smallest absolute Gasteiger partial charge is 0.223 e. The van der Waals surface area contributed by atoms with Crippen LogP contribution in [0.1, 0.15) is 26.2 Å². The zero-order valence-electron chi connectivity index (χ0n) is 15.0. The first-order valence-corrected chi connectivity index (χ1v) is 8.43. The molecule has 0 bridgehead atoms. The van der Waals surface area contributed by atoms with E-state index in [1.54, 1.807) is 30.2 Å². The van der Waals surface area contributed by atoms with Crippen LogP contribution in [0.2, 0.25) is 0 Å². The number of nitrogens with zero attached hydrogens (tertiary/aromatic N) is 1. The van der Waals surface area contributed by atoms with Crippen molar-refractivity contribution in [2.75, 3.05) is 38.8 Å². The Morgan fingerprint density at radius 1 is 1.28 bits per heavy atom. The summed E-state index contributed by atoms with van der Waals surface area (Å²) in [6.45, 7) is 3.05. The third kappa shape index (κ3) is 5.35. The molecule has 1 unspecified atom stereocenters. The zero-order valence-corrected chi connectivity index (χ0v) is 15.0. The molecule has 1 atom stereocenters. The van der Waals surface area contributed by atoms with Crippen LogP contribution < -0.4 is 19.7 Å². The summed E-state index contributed by atoms with van der Waals surface area (Å²) in [5.41, 5.74) is 0.664. The third-order valence-corrected chi connectivity index (χ3v) is 4.17. The molecular formula is C18H26N2O5. The van der Waals surface area contributed by atoms with Crippen molar-refractivity contribution >= 4 is 17.5 Å². The number of hydrogen-bond donors (Lipinski definition) is 1. The summed E-state index contributed by atoms with van der Waals surface area (Å²) >= 11 is 0. The van der Waals surface area contributed by atoms with Gasteiger partial charge in [0.15, 0.2) is 11.5 Å². The van der Waals surface area contributed by atoms with E-state index >= 15 is 0 Å². The summed E-state index contributed by atoms with van der Waals surface area (Å²) in [5, 5.41) is 2.86. The molecule has 0 spiro atoms. The fourth-order valence-electron chi connectivity index (χ4n) is 2.80. The quantitative estimate of drug-likeness (QED) is 0.773. The van der Waals surface area contributed by atoms with Gasteiger partial charge in [0.05, 0.1) is 20.3 Å². The molecule has 2 rings (SSSR count). The number of ether oxygens (including phenoxy) is 3. The predicted octanol–water partition coefficient (Wildman–Crippen LogP) is 1.74. The number of anilines is 1. The normalized spacial score (nSPS) is 16.4. The van der Waals surface area contributed by atoms with Gasteiger partial charge in [-0.1, -0.05) is 0 Å². The van der Waals surface area contributed by atoms with Crippen LogP contribution in [0.5, 0.6) is 11.5 Å². The van der Waals surface area contributed by atoms with Crippen molar-refractivity contribution in [2.45, 2.75) is 32.3 Å². The zero-order chi connectivity index (χ0) is 18.2. The van der Waals surface area contributed by atoms with E-state index in [9.17, 15) is 9.59 Å². The van der Waals surface area contributed by atoms with E-state index in [2.05, 4.69) is 5.32 Å². The summed E-state index contributed by atoms with van der Waals surface area (Å²) in [7, 11) is 3.09. The van der Waals surface area contributed by atoms with Crippen molar-refractivity contribution in [1.29, 1.82) is 0 Å². The fourth-order valence-corrected chi connectivity index (χ4v) is 2.80. The summed E-state index contributed by atoms with van der Waals surface area (Å²) in [6.07, 6.45) is 2.35. The molecular weight excluding hydrogens is 324 g/mol. The Morgan fingerprint density at radius 2 is 2.04 bits per heavy atom. The van der Waals surface area contributed by atoms with Gasteiger partial charge in [-0.2, -0.15) is 0 Å². The molecule has 7 heteroatoms. The van der Waals surface area contributed by atoms with Gasteiger partial charge in [0.2, 0.25) is 11.8 Å². The molecule has 2 amide bonds. The van der Waals surface area contributed by atoms with Gasteiger partial charge < -0.3 is 24.4 Å². The lowest BCUT2D eigenvalue weighted by Gasteiger charge is -2.22. The Kier molecular flexibility index (Phi) is 7.06. The molecule has 25 heavy (non-hydrogen) atoms. The molecule has 0 aliphatic carbocycles. The second kappa shape index (κ2) is 9.27. The molecule has 1 fully saturated rings. The fraction of sp³-hybridized carbons (Fsp3) is 0.556. The van der Waals surface area contributed by atoms with E-state index in [-0.39, 0.29) is 24.3 Å². The Balaban J connectivity index is 1.93. The van der Waals surface area contributed by atoms with E-state index < -0.39 is 0 Å². The van der Waals surface area contributed by atoms with Crippen LogP contribution in [0.4, 0.5) is 5.69 Å². The Morgan fingerprint density at radius 3 is 2.64 bits per heavy atom. The van der Waals surface area contributed by atoms with Crippen molar-refractivity contribution in [2.24, 2.45) is 0 Å². The second-order valence-electron chi connectivity index (χ2n) is 5.90. The highest BCUT2D eigenvalue weighted by Gasteiger charge is 2.18. The van der Waals surface area contributed by atoms with Crippen LogP contribution in [0, 0.1) is 0 Å². The highest BCUT2D eigenvalue weighted by Crippen LogP contribution is 2.31. The highest BCUT2D eigenvalue weighted by atomic mass is 16.5. The lowest BCUT2D eigenvalue weighted by Crippen LogP contribution is -2.36. The summed E-state index contributed by atoms with van der Waals surface area (Å²) in [4.78, 5) is 25.6. The Labute approximate surface area is 148 Å². The molecule has 1 aromatic carbocycles. The maximum absolute atomic E-state index is 12.0. The molecule has 1 aliphatic heterocycles. The molecule has 1 aliphatic rings. The van der Waals surface area contributed by atoms with Gasteiger partial charge in [-0.3, -0.25) is 9.59 Å². The topological polar surface area (TPSA) is 77.1 Å². The third-order valence-electron chi connectivity index (χ3n) is 4.17. The first-order chi connectivity index (χ1) is 12.0. The van der Waals surface area contributed by atoms with Crippen molar-refractivity contribution in [3.05, 3.63) is 18.2 Å². The number of hydrogen-bond acceptors (Lipinski definition) is 5. The summed E-state index contributed by atoms with van der Waals surface area (Å²) in [6, 6.07) is 5.24. The Hall–Kier alpha value is -2.28. The number of nitrogens with one attached hydrogen (secondary N) is 1. The van der Waals surface area contributed by atoms with Crippen molar-refractivity contribution in [1.82, 2.24) is 5.32 Å². The van der Waals surface area contributed by atoms with Gasteiger partial charge in [-0.15, -0.1) is 0 Å². The molecule has 1 N–H and O–H groups in total. The molecule has 1 saturated heterocycles. The lowest BCUT2D eigenvalue weighted by atomic mass is 10.2. The number of carbonyl (C=O) groups excluding carboxylic acids is 2. The highest BCUT2D eigenvalue weighted by molar-refractivity contribution is 5.92. The molecule has 1 heterocycles. The minimum atomic E-state index is -0.140. The molecule has 0 radical (unpaired) electrons. The maximum atomic E-state index is 12.0. The Bertz CT molecular complexity index is 599. The van der Waals surface area contributed by atoms with Crippen LogP contribution in [0.25, 0.3) is 0 Å². The summed E-state index contributed by atoms with van der Waals surface area (Å²) < 4.78 is 16.0. The van der Waals surface area contributed by atoms with Crippen molar-refractivity contribution < 1.29 is 23.8 Å². The van der Waals surface area contributed by atoms with Crippen LogP contribution >= 0.6 is 0 Å². The van der Waals surface area contributed by atoms with Crippen LogP contribution in [0.15, 0.2) is 18.2 Å². The SMILES string of the molecule is COc1ccc(N(CCC(=O)NCC2CCCO2)C(C)=O)cc1OC. The molecule has 0 saturated carbocycles. The summed E-state index contributed by atoms with van der Waals surface area (Å²) in [5.74, 6) is 0.888. The van der Waals surface area contributed by atoms with Gasteiger partial charge in [0, 0.05) is 44.8 Å². The van der Waals surface area contributed by atoms with Crippen molar-refractivity contribution in [3.8, 4) is 11.5 Å². The minimum absolute atomic E-state index is 0.0952. The predicted molar refractivity (Wildman–Crippen MR) is 94.2 cm³/mol. The van der Waals surface area contributed by atoms with E-state index in [1.165, 1.54) is 14.0 Å². The monoisotopic (exact) mass is 350 g/mol. The first-order valence-electron chi connectivity index (χ1n) is 8.43. The number of methoxy groups -OCH3 is 2. The molecule has 138 valence electrons. The van der Waals surface area contributed by atoms with Gasteiger partial charge in [0.1, 0.15) is 0 Å². The van der Waals surface area contributed by atoms with Crippen LogP contribution in [-0.4, -0.2) is 51.8 Å². The lowest BCUT2D eigenvalue weighted by molar-refractivity contribution is -0.121. The minimum Gasteiger partial charge on any atom is -0.493 e. The van der Waals surface area contributed by atoms with E-state index in [0.29, 0.717) is 30.3 Å². The number of rotatable bonds is 8.